The number of halogens is 1. The maximum atomic E-state index is 13.6. The second kappa shape index (κ2) is 8.72. The van der Waals surface area contributed by atoms with Crippen LogP contribution in [0.3, 0.4) is 0 Å². The molecule has 0 unspecified atom stereocenters. The first-order valence-electron chi connectivity index (χ1n) is 9.60. The van der Waals surface area contributed by atoms with Gasteiger partial charge in [-0.1, -0.05) is 17.9 Å². The number of sulfone groups is 1. The number of amides is 1. The number of aromatic hydroxyl groups is 1. The summed E-state index contributed by atoms with van der Waals surface area (Å²) in [4.78, 5) is 29.4. The zero-order valence-electron chi connectivity index (χ0n) is 17.7. The number of benzene rings is 1. The van der Waals surface area contributed by atoms with Crippen LogP contribution in [0, 0.1) is 17.7 Å². The minimum absolute atomic E-state index is 0.124. The summed E-state index contributed by atoms with van der Waals surface area (Å²) in [6.07, 6.45) is 1.03. The zero-order valence-corrected chi connectivity index (χ0v) is 18.5. The van der Waals surface area contributed by atoms with E-state index >= 15 is 0 Å². The average molecular weight is 463 g/mol. The van der Waals surface area contributed by atoms with E-state index in [4.69, 9.17) is 4.74 Å². The first-order valence-corrected chi connectivity index (χ1v) is 11.7. The molecule has 170 valence electrons. The van der Waals surface area contributed by atoms with E-state index in [0.717, 1.165) is 12.3 Å². The van der Waals surface area contributed by atoms with Crippen molar-refractivity contribution in [2.24, 2.45) is 0 Å². The Kier molecular flexibility index (Phi) is 6.39. The Labute approximate surface area is 184 Å². The number of carbonyl (C=O) groups is 1. The predicted molar refractivity (Wildman–Crippen MR) is 113 cm³/mol. The second-order valence-electron chi connectivity index (χ2n) is 7.80. The van der Waals surface area contributed by atoms with Gasteiger partial charge in [-0.3, -0.25) is 14.2 Å². The SMILES string of the molecule is CC1(C)OCCn2c1nc(C(=O)NCc1ccc(F)cc1C#CCS(C)(=O)=O)c(O)c2=O. The number of ether oxygens (including phenoxy) is 1. The molecule has 0 fully saturated rings. The molecule has 0 saturated heterocycles. The average Bonchev–Trinajstić information content (AvgIpc) is 2.69. The smallest absolute Gasteiger partial charge is 0.296 e. The Morgan fingerprint density at radius 3 is 2.81 bits per heavy atom. The molecule has 0 saturated carbocycles. The lowest BCUT2D eigenvalue weighted by atomic mass is 10.1. The van der Waals surface area contributed by atoms with E-state index in [1.807, 2.05) is 0 Å². The minimum Gasteiger partial charge on any atom is -0.501 e. The molecule has 1 aromatic carbocycles. The molecular formula is C21H22FN3O6S. The van der Waals surface area contributed by atoms with Gasteiger partial charge in [-0.05, 0) is 31.5 Å². The van der Waals surface area contributed by atoms with Crippen LogP contribution >= 0.6 is 0 Å². The summed E-state index contributed by atoms with van der Waals surface area (Å²) in [5.74, 6) is 2.69. The molecule has 0 radical (unpaired) electrons. The third kappa shape index (κ3) is 5.15. The van der Waals surface area contributed by atoms with Crippen molar-refractivity contribution in [2.45, 2.75) is 32.5 Å². The van der Waals surface area contributed by atoms with Crippen molar-refractivity contribution in [1.29, 1.82) is 0 Å². The molecule has 2 heterocycles. The second-order valence-corrected chi connectivity index (χ2v) is 9.94. The van der Waals surface area contributed by atoms with Gasteiger partial charge in [0.2, 0.25) is 5.75 Å². The molecule has 0 atom stereocenters. The Hall–Kier alpha value is -3.23. The Morgan fingerprint density at radius 2 is 2.12 bits per heavy atom. The van der Waals surface area contributed by atoms with Gasteiger partial charge in [0.05, 0.1) is 13.2 Å². The van der Waals surface area contributed by atoms with E-state index < -0.39 is 49.9 Å². The summed E-state index contributed by atoms with van der Waals surface area (Å²) < 4.78 is 43.0. The first kappa shape index (κ1) is 23.4. The molecule has 0 spiro atoms. The van der Waals surface area contributed by atoms with Crippen molar-refractivity contribution in [2.75, 3.05) is 18.6 Å². The topological polar surface area (TPSA) is 128 Å². The normalized spacial score (nSPS) is 14.8. The summed E-state index contributed by atoms with van der Waals surface area (Å²) in [7, 11) is -3.32. The quantitative estimate of drug-likeness (QED) is 0.638. The van der Waals surface area contributed by atoms with Crippen LogP contribution in [0.1, 0.15) is 41.3 Å². The van der Waals surface area contributed by atoms with Crippen molar-refractivity contribution in [3.63, 3.8) is 0 Å². The summed E-state index contributed by atoms with van der Waals surface area (Å²) in [5.41, 5.74) is -1.51. The lowest BCUT2D eigenvalue weighted by molar-refractivity contribution is -0.0566. The molecule has 0 bridgehead atoms. The molecule has 1 aromatic heterocycles. The lowest BCUT2D eigenvalue weighted by Crippen LogP contribution is -2.42. The van der Waals surface area contributed by atoms with Gasteiger partial charge < -0.3 is 15.2 Å². The van der Waals surface area contributed by atoms with E-state index in [9.17, 15) is 27.5 Å². The van der Waals surface area contributed by atoms with E-state index in [1.54, 1.807) is 13.8 Å². The van der Waals surface area contributed by atoms with E-state index in [1.165, 1.54) is 16.7 Å². The highest BCUT2D eigenvalue weighted by Crippen LogP contribution is 2.27. The highest BCUT2D eigenvalue weighted by Gasteiger charge is 2.34. The molecule has 2 aromatic rings. The van der Waals surface area contributed by atoms with Crippen molar-refractivity contribution in [3.8, 4) is 17.6 Å². The van der Waals surface area contributed by atoms with Gasteiger partial charge in [-0.2, -0.15) is 0 Å². The number of rotatable bonds is 4. The molecule has 9 nitrogen and oxygen atoms in total. The fourth-order valence-corrected chi connectivity index (χ4v) is 3.50. The maximum absolute atomic E-state index is 13.6. The Morgan fingerprint density at radius 1 is 1.41 bits per heavy atom. The van der Waals surface area contributed by atoms with Gasteiger partial charge in [-0.15, -0.1) is 0 Å². The van der Waals surface area contributed by atoms with Crippen LogP contribution in [0.2, 0.25) is 0 Å². The van der Waals surface area contributed by atoms with Gasteiger partial charge in [0.1, 0.15) is 23.0 Å². The number of nitrogens with zero attached hydrogens (tertiary/aromatic N) is 2. The minimum atomic E-state index is -3.32. The molecule has 11 heteroatoms. The molecule has 1 amide bonds. The largest absolute Gasteiger partial charge is 0.501 e. The van der Waals surface area contributed by atoms with Crippen molar-refractivity contribution >= 4 is 15.7 Å². The number of aromatic nitrogens is 2. The number of hydrogen-bond donors (Lipinski definition) is 2. The van der Waals surface area contributed by atoms with E-state index in [0.29, 0.717) is 5.56 Å². The standard InChI is InChI=1S/C21H22FN3O6S/c1-21(2)20-24-16(17(26)19(28)25(20)8-9-31-21)18(27)23-12-14-6-7-15(22)11-13(14)5-4-10-32(3,29)30/h6-7,11,26H,8-10,12H2,1-3H3,(H,23,27). The van der Waals surface area contributed by atoms with Gasteiger partial charge in [0.25, 0.3) is 11.5 Å². The monoisotopic (exact) mass is 463 g/mol. The van der Waals surface area contributed by atoms with Gasteiger partial charge in [-0.25, -0.2) is 17.8 Å². The van der Waals surface area contributed by atoms with Crippen LogP contribution in [-0.4, -0.2) is 47.6 Å². The number of nitrogens with one attached hydrogen (secondary N) is 1. The maximum Gasteiger partial charge on any atom is 0.296 e. The molecule has 1 aliphatic rings. The highest BCUT2D eigenvalue weighted by molar-refractivity contribution is 7.90. The number of hydrogen-bond acceptors (Lipinski definition) is 7. The predicted octanol–water partition coefficient (Wildman–Crippen LogP) is 0.679. The Balaban J connectivity index is 1.87. The van der Waals surface area contributed by atoms with E-state index in [-0.39, 0.29) is 31.1 Å². The molecular weight excluding hydrogens is 441 g/mol. The van der Waals surface area contributed by atoms with Gasteiger partial charge in [0, 0.05) is 18.4 Å². The van der Waals surface area contributed by atoms with Crippen molar-refractivity contribution in [3.05, 3.63) is 57.0 Å². The summed E-state index contributed by atoms with van der Waals surface area (Å²) in [5, 5.41) is 12.8. The summed E-state index contributed by atoms with van der Waals surface area (Å²) in [6.45, 7) is 3.74. The third-order valence-corrected chi connectivity index (χ3v) is 5.41. The van der Waals surface area contributed by atoms with Crippen LogP contribution in [0.5, 0.6) is 5.75 Å². The van der Waals surface area contributed by atoms with Crippen LogP contribution in [0.4, 0.5) is 4.39 Å². The molecule has 3 rings (SSSR count). The molecule has 32 heavy (non-hydrogen) atoms. The van der Waals surface area contributed by atoms with Crippen LogP contribution in [0.25, 0.3) is 0 Å². The lowest BCUT2D eigenvalue weighted by Gasteiger charge is -2.32. The zero-order chi connectivity index (χ0) is 23.7. The summed E-state index contributed by atoms with van der Waals surface area (Å²) in [6, 6.07) is 3.69. The van der Waals surface area contributed by atoms with Crippen molar-refractivity contribution < 1.29 is 27.4 Å². The molecule has 1 aliphatic heterocycles. The van der Waals surface area contributed by atoms with Crippen LogP contribution < -0.4 is 10.9 Å². The fourth-order valence-electron chi connectivity index (χ4n) is 3.17. The van der Waals surface area contributed by atoms with Crippen LogP contribution in [-0.2, 0) is 33.3 Å². The number of carbonyl (C=O) groups excluding carboxylic acids is 1. The Bertz CT molecular complexity index is 1310. The molecule has 2 N–H and O–H groups in total. The first-order chi connectivity index (χ1) is 14.9. The van der Waals surface area contributed by atoms with Crippen molar-refractivity contribution in [1.82, 2.24) is 14.9 Å². The van der Waals surface area contributed by atoms with Crippen LogP contribution in [0.15, 0.2) is 23.0 Å². The van der Waals surface area contributed by atoms with E-state index in [2.05, 4.69) is 22.1 Å². The highest BCUT2D eigenvalue weighted by atomic mass is 32.2. The third-order valence-electron chi connectivity index (χ3n) is 4.75. The van der Waals surface area contributed by atoms with Gasteiger partial charge in [0.15, 0.2) is 15.5 Å². The van der Waals surface area contributed by atoms with Gasteiger partial charge >= 0.3 is 0 Å². The summed E-state index contributed by atoms with van der Waals surface area (Å²) >= 11 is 0. The number of fused-ring (bicyclic) bond motifs is 1. The molecule has 0 aliphatic carbocycles. The fraction of sp³-hybridized carbons (Fsp3) is 0.381.